The fourth-order valence-electron chi connectivity index (χ4n) is 2.08. The summed E-state index contributed by atoms with van der Waals surface area (Å²) in [6.45, 7) is 0. The molecular formula is C12H8BrFO3. The lowest BCUT2D eigenvalue weighted by Crippen LogP contribution is -1.97. The highest BCUT2D eigenvalue weighted by Gasteiger charge is 2.34. The Kier molecular flexibility index (Phi) is 2.26. The molecule has 3 rings (SSSR count). The van der Waals surface area contributed by atoms with E-state index in [0.717, 1.165) is 12.8 Å². The van der Waals surface area contributed by atoms with Crippen LogP contribution in [0.1, 0.15) is 34.9 Å². The SMILES string of the molecule is O=C(O)c1oc2c(Br)cc(F)cc2c1C1CC1. The summed E-state index contributed by atoms with van der Waals surface area (Å²) < 4.78 is 19.1. The van der Waals surface area contributed by atoms with Crippen LogP contribution < -0.4 is 0 Å². The van der Waals surface area contributed by atoms with E-state index in [4.69, 9.17) is 9.52 Å². The minimum atomic E-state index is -1.10. The second-order valence-electron chi connectivity index (χ2n) is 4.19. The zero-order chi connectivity index (χ0) is 12.2. The molecule has 17 heavy (non-hydrogen) atoms. The molecule has 3 nitrogen and oxygen atoms in total. The van der Waals surface area contributed by atoms with Gasteiger partial charge in [0, 0.05) is 10.9 Å². The lowest BCUT2D eigenvalue weighted by molar-refractivity contribution is 0.0663. The van der Waals surface area contributed by atoms with Crippen molar-refractivity contribution in [1.29, 1.82) is 0 Å². The topological polar surface area (TPSA) is 50.4 Å². The molecule has 0 aliphatic heterocycles. The summed E-state index contributed by atoms with van der Waals surface area (Å²) in [5, 5.41) is 9.67. The van der Waals surface area contributed by atoms with Crippen molar-refractivity contribution in [3.63, 3.8) is 0 Å². The molecule has 1 aliphatic carbocycles. The van der Waals surface area contributed by atoms with E-state index in [1.54, 1.807) is 0 Å². The van der Waals surface area contributed by atoms with Crippen molar-refractivity contribution in [2.45, 2.75) is 18.8 Å². The minimum absolute atomic E-state index is 0.0613. The van der Waals surface area contributed by atoms with Crippen molar-refractivity contribution in [2.75, 3.05) is 0 Å². The number of carboxylic acid groups (broad SMARTS) is 1. The van der Waals surface area contributed by atoms with Gasteiger partial charge in [0.15, 0.2) is 0 Å². The highest BCUT2D eigenvalue weighted by Crippen LogP contribution is 2.47. The first-order valence-corrected chi connectivity index (χ1v) is 6.02. The molecule has 0 saturated heterocycles. The molecule has 1 N–H and O–H groups in total. The first-order valence-electron chi connectivity index (χ1n) is 5.22. The maximum atomic E-state index is 13.4. The normalized spacial score (nSPS) is 15.4. The summed E-state index contributed by atoms with van der Waals surface area (Å²) in [6.07, 6.45) is 1.87. The Balaban J connectivity index is 2.38. The Morgan fingerprint density at radius 2 is 2.18 bits per heavy atom. The largest absolute Gasteiger partial charge is 0.475 e. The first-order chi connectivity index (χ1) is 8.08. The summed E-state index contributed by atoms with van der Waals surface area (Å²) in [7, 11) is 0. The van der Waals surface area contributed by atoms with Crippen molar-refractivity contribution in [3.8, 4) is 0 Å². The van der Waals surface area contributed by atoms with Crippen molar-refractivity contribution in [3.05, 3.63) is 33.7 Å². The summed E-state index contributed by atoms with van der Waals surface area (Å²) in [5.74, 6) is -1.37. The minimum Gasteiger partial charge on any atom is -0.475 e. The van der Waals surface area contributed by atoms with Crippen LogP contribution in [0.2, 0.25) is 0 Å². The van der Waals surface area contributed by atoms with Gasteiger partial charge in [-0.2, -0.15) is 0 Å². The van der Waals surface area contributed by atoms with E-state index in [9.17, 15) is 9.18 Å². The molecule has 1 aromatic carbocycles. The molecule has 2 aromatic rings. The van der Waals surface area contributed by atoms with Gasteiger partial charge in [-0.3, -0.25) is 0 Å². The van der Waals surface area contributed by atoms with E-state index < -0.39 is 11.8 Å². The monoisotopic (exact) mass is 298 g/mol. The molecule has 0 radical (unpaired) electrons. The third-order valence-electron chi connectivity index (χ3n) is 2.93. The molecular weight excluding hydrogens is 291 g/mol. The van der Waals surface area contributed by atoms with Gasteiger partial charge in [0.25, 0.3) is 0 Å². The van der Waals surface area contributed by atoms with E-state index in [2.05, 4.69) is 15.9 Å². The summed E-state index contributed by atoms with van der Waals surface area (Å²) in [4.78, 5) is 11.1. The maximum absolute atomic E-state index is 13.4. The molecule has 5 heteroatoms. The maximum Gasteiger partial charge on any atom is 0.372 e. The smallest absolute Gasteiger partial charge is 0.372 e. The molecule has 1 aromatic heterocycles. The van der Waals surface area contributed by atoms with Gasteiger partial charge in [0.2, 0.25) is 5.76 Å². The van der Waals surface area contributed by atoms with Gasteiger partial charge in [-0.05, 0) is 46.8 Å². The van der Waals surface area contributed by atoms with Crippen molar-refractivity contribution < 1.29 is 18.7 Å². The molecule has 0 spiro atoms. The number of carbonyl (C=O) groups is 1. The van der Waals surface area contributed by atoms with E-state index in [0.29, 0.717) is 21.0 Å². The number of halogens is 2. The Labute approximate surface area is 104 Å². The van der Waals surface area contributed by atoms with Gasteiger partial charge in [-0.15, -0.1) is 0 Å². The molecule has 1 heterocycles. The zero-order valence-corrected chi connectivity index (χ0v) is 10.3. The molecule has 88 valence electrons. The lowest BCUT2D eigenvalue weighted by atomic mass is 10.1. The average molecular weight is 299 g/mol. The third kappa shape index (κ3) is 1.65. The van der Waals surface area contributed by atoms with Gasteiger partial charge < -0.3 is 9.52 Å². The van der Waals surface area contributed by atoms with Crippen LogP contribution in [0, 0.1) is 5.82 Å². The fourth-order valence-corrected chi connectivity index (χ4v) is 2.59. The van der Waals surface area contributed by atoms with Crippen LogP contribution in [0.4, 0.5) is 4.39 Å². The van der Waals surface area contributed by atoms with Gasteiger partial charge in [0.05, 0.1) is 4.47 Å². The highest BCUT2D eigenvalue weighted by molar-refractivity contribution is 9.10. The highest BCUT2D eigenvalue weighted by atomic mass is 79.9. The molecule has 0 bridgehead atoms. The molecule has 1 fully saturated rings. The number of aromatic carboxylic acids is 1. The van der Waals surface area contributed by atoms with E-state index in [1.165, 1.54) is 12.1 Å². The molecule has 1 saturated carbocycles. The van der Waals surface area contributed by atoms with Gasteiger partial charge >= 0.3 is 5.97 Å². The Hall–Kier alpha value is -1.36. The second kappa shape index (κ2) is 3.57. The van der Waals surface area contributed by atoms with E-state index in [-0.39, 0.29) is 11.7 Å². The van der Waals surface area contributed by atoms with E-state index >= 15 is 0 Å². The first kappa shape index (κ1) is 10.8. The van der Waals surface area contributed by atoms with Crippen LogP contribution in [0.5, 0.6) is 0 Å². The number of furan rings is 1. The van der Waals surface area contributed by atoms with Gasteiger partial charge in [-0.25, -0.2) is 9.18 Å². The van der Waals surface area contributed by atoms with Crippen LogP contribution in [0.15, 0.2) is 21.0 Å². The number of carboxylic acids is 1. The standard InChI is InChI=1S/C12H8BrFO3/c13-8-4-6(14)3-7-9(5-1-2-5)11(12(15)16)17-10(7)8/h3-5H,1-2H2,(H,15,16). The Morgan fingerprint density at radius 3 is 2.76 bits per heavy atom. The number of benzene rings is 1. The second-order valence-corrected chi connectivity index (χ2v) is 5.04. The zero-order valence-electron chi connectivity index (χ0n) is 8.67. The van der Waals surface area contributed by atoms with Crippen molar-refractivity contribution >= 4 is 32.9 Å². The summed E-state index contributed by atoms with van der Waals surface area (Å²) >= 11 is 3.19. The molecule has 0 amide bonds. The predicted octanol–water partition coefficient (Wildman–Crippen LogP) is 3.91. The fraction of sp³-hybridized carbons (Fsp3) is 0.250. The summed E-state index contributed by atoms with van der Waals surface area (Å²) in [6, 6.07) is 2.61. The number of hydrogen-bond donors (Lipinski definition) is 1. The predicted molar refractivity (Wildman–Crippen MR) is 62.8 cm³/mol. The van der Waals surface area contributed by atoms with Gasteiger partial charge in [-0.1, -0.05) is 0 Å². The Morgan fingerprint density at radius 1 is 1.47 bits per heavy atom. The van der Waals surface area contributed by atoms with Crippen LogP contribution in [-0.2, 0) is 0 Å². The van der Waals surface area contributed by atoms with Crippen molar-refractivity contribution in [1.82, 2.24) is 0 Å². The van der Waals surface area contributed by atoms with E-state index in [1.807, 2.05) is 0 Å². The van der Waals surface area contributed by atoms with Crippen LogP contribution in [0.3, 0.4) is 0 Å². The summed E-state index contributed by atoms with van der Waals surface area (Å²) in [5.41, 5.74) is 1.04. The van der Waals surface area contributed by atoms with Crippen molar-refractivity contribution in [2.24, 2.45) is 0 Å². The molecule has 1 aliphatic rings. The van der Waals surface area contributed by atoms with Crippen LogP contribution >= 0.6 is 15.9 Å². The number of fused-ring (bicyclic) bond motifs is 1. The third-order valence-corrected chi connectivity index (χ3v) is 3.52. The van der Waals surface area contributed by atoms with Gasteiger partial charge in [0.1, 0.15) is 11.4 Å². The molecule has 0 atom stereocenters. The molecule has 0 unspecified atom stereocenters. The Bertz CT molecular complexity index is 628. The van der Waals surface area contributed by atoms with Crippen LogP contribution in [-0.4, -0.2) is 11.1 Å². The average Bonchev–Trinajstić information content (AvgIpc) is 2.99. The lowest BCUT2D eigenvalue weighted by Gasteiger charge is -1.96. The number of rotatable bonds is 2. The quantitative estimate of drug-likeness (QED) is 0.914. The number of hydrogen-bond acceptors (Lipinski definition) is 2. The van der Waals surface area contributed by atoms with Crippen LogP contribution in [0.25, 0.3) is 11.0 Å².